The zero-order valence-electron chi connectivity index (χ0n) is 30.2. The Bertz CT molecular complexity index is 1940. The molecular weight excluding hydrogens is 636 g/mol. The van der Waals surface area contributed by atoms with E-state index < -0.39 is 0 Å². The molecule has 3 N–H and O–H groups in total. The van der Waals surface area contributed by atoms with Gasteiger partial charge in [-0.25, -0.2) is 0 Å². The van der Waals surface area contributed by atoms with Crippen LogP contribution in [-0.2, 0) is 25.7 Å². The third-order valence-corrected chi connectivity index (χ3v) is 11.0. The maximum absolute atomic E-state index is 11.5. The van der Waals surface area contributed by atoms with E-state index >= 15 is 0 Å². The number of quaternary nitrogens is 2. The van der Waals surface area contributed by atoms with Gasteiger partial charge in [0.15, 0.2) is 46.0 Å². The first-order valence-electron chi connectivity index (χ1n) is 17.2. The number of benzene rings is 4. The first-order valence-corrected chi connectivity index (χ1v) is 17.2. The van der Waals surface area contributed by atoms with E-state index in [9.17, 15) is 5.11 Å². The van der Waals surface area contributed by atoms with Crippen molar-refractivity contribution >= 4 is 0 Å². The molecule has 0 fully saturated rings. The summed E-state index contributed by atoms with van der Waals surface area (Å²) < 4.78 is 41.7. The Labute approximate surface area is 294 Å². The summed E-state index contributed by atoms with van der Waals surface area (Å²) in [6.07, 6.45) is 3.35. The molecule has 50 heavy (non-hydrogen) atoms. The van der Waals surface area contributed by atoms with Crippen LogP contribution in [0.2, 0.25) is 0 Å². The summed E-state index contributed by atoms with van der Waals surface area (Å²) in [4.78, 5) is 2.81. The van der Waals surface area contributed by atoms with Gasteiger partial charge in [0.1, 0.15) is 12.1 Å². The number of methoxy groups -OCH3 is 6. The van der Waals surface area contributed by atoms with Crippen LogP contribution in [-0.4, -0.2) is 75.0 Å². The largest absolute Gasteiger partial charge is 0.504 e. The van der Waals surface area contributed by atoms with E-state index in [0.717, 1.165) is 66.1 Å². The predicted molar refractivity (Wildman–Crippen MR) is 190 cm³/mol. The number of rotatable bonds is 10. The number of phenolic OH excluding ortho intramolecular Hbond substituents is 1. The highest BCUT2D eigenvalue weighted by atomic mass is 16.5. The fourth-order valence-corrected chi connectivity index (χ4v) is 8.32. The van der Waals surface area contributed by atoms with Crippen molar-refractivity contribution in [3.63, 3.8) is 0 Å². The molecular formula is C40H48N2O8+2. The van der Waals surface area contributed by atoms with Gasteiger partial charge >= 0.3 is 0 Å². The van der Waals surface area contributed by atoms with Crippen molar-refractivity contribution in [2.75, 3.05) is 69.8 Å². The second-order valence-corrected chi connectivity index (χ2v) is 13.5. The van der Waals surface area contributed by atoms with Gasteiger partial charge in [0, 0.05) is 47.9 Å². The molecule has 0 saturated heterocycles. The Morgan fingerprint density at radius 3 is 1.96 bits per heavy atom. The molecule has 7 rings (SSSR count). The zero-order chi connectivity index (χ0) is 35.3. The lowest BCUT2D eigenvalue weighted by molar-refractivity contribution is -0.914. The Kier molecular flexibility index (Phi) is 9.09. The number of hydrogen-bond donors (Lipinski definition) is 3. The van der Waals surface area contributed by atoms with Crippen molar-refractivity contribution in [3.8, 4) is 62.9 Å². The van der Waals surface area contributed by atoms with Gasteiger partial charge in [0.2, 0.25) is 5.75 Å². The van der Waals surface area contributed by atoms with Gasteiger partial charge in [0.05, 0.1) is 69.8 Å². The number of ether oxygens (including phenoxy) is 7. The SMILES string of the molecule is COc1cc2c(cc1OC)[C@@H](Cc1ccc(OC)c(OC)c1Oc1cc3c(cc1OC)-c1c(O)c(OC)cc4c1[C@H](C3)[NH+](C)CC4)[NH+](C)CC2. The molecule has 0 amide bonds. The summed E-state index contributed by atoms with van der Waals surface area (Å²) in [6, 6.07) is 14.6. The molecule has 0 radical (unpaired) electrons. The van der Waals surface area contributed by atoms with Crippen molar-refractivity contribution < 1.29 is 48.1 Å². The fraction of sp³-hybridized carbons (Fsp3) is 0.400. The second-order valence-electron chi connectivity index (χ2n) is 13.5. The van der Waals surface area contributed by atoms with Crippen LogP contribution < -0.4 is 43.0 Å². The molecule has 3 aliphatic rings. The molecule has 2 unspecified atom stereocenters. The summed E-state index contributed by atoms with van der Waals surface area (Å²) in [5, 5.41) is 11.5. The van der Waals surface area contributed by atoms with Crippen molar-refractivity contribution in [2.24, 2.45) is 0 Å². The molecule has 0 spiro atoms. The number of nitrogens with one attached hydrogen (secondary N) is 2. The molecule has 10 nitrogen and oxygen atoms in total. The van der Waals surface area contributed by atoms with E-state index in [2.05, 4.69) is 38.4 Å². The normalized spacial score (nSPS) is 20.2. The minimum atomic E-state index is 0.123. The van der Waals surface area contributed by atoms with Crippen LogP contribution in [0.1, 0.15) is 45.5 Å². The van der Waals surface area contributed by atoms with Crippen LogP contribution in [0.15, 0.2) is 42.5 Å². The zero-order valence-corrected chi connectivity index (χ0v) is 30.2. The molecule has 10 heteroatoms. The van der Waals surface area contributed by atoms with Gasteiger partial charge in [-0.2, -0.15) is 0 Å². The van der Waals surface area contributed by atoms with Gasteiger partial charge in [-0.15, -0.1) is 0 Å². The molecule has 4 aromatic rings. The lowest BCUT2D eigenvalue weighted by atomic mass is 9.76. The molecule has 0 saturated carbocycles. The number of hydrogen-bond acceptors (Lipinski definition) is 8. The van der Waals surface area contributed by atoms with E-state index in [4.69, 9.17) is 33.2 Å². The van der Waals surface area contributed by atoms with E-state index in [1.165, 1.54) is 32.1 Å². The predicted octanol–water partition coefficient (Wildman–Crippen LogP) is 3.93. The second kappa shape index (κ2) is 13.5. The smallest absolute Gasteiger partial charge is 0.204 e. The Hall–Kier alpha value is -4.80. The number of fused-ring (bicyclic) bond motifs is 3. The van der Waals surface area contributed by atoms with Gasteiger partial charge in [-0.1, -0.05) is 6.07 Å². The summed E-state index contributed by atoms with van der Waals surface area (Å²) in [6.45, 7) is 1.98. The Morgan fingerprint density at radius 2 is 1.26 bits per heavy atom. The highest BCUT2D eigenvalue weighted by Gasteiger charge is 2.39. The van der Waals surface area contributed by atoms with Crippen LogP contribution in [0.25, 0.3) is 11.1 Å². The van der Waals surface area contributed by atoms with Gasteiger partial charge in [-0.3, -0.25) is 0 Å². The van der Waals surface area contributed by atoms with Crippen molar-refractivity contribution in [1.29, 1.82) is 0 Å². The molecule has 0 bridgehead atoms. The maximum Gasteiger partial charge on any atom is 0.204 e. The molecule has 4 aromatic carbocycles. The molecule has 0 aromatic heterocycles. The van der Waals surface area contributed by atoms with Crippen LogP contribution in [0.4, 0.5) is 0 Å². The average molecular weight is 685 g/mol. The molecule has 264 valence electrons. The van der Waals surface area contributed by atoms with E-state index in [1.54, 1.807) is 42.7 Å². The summed E-state index contributed by atoms with van der Waals surface area (Å²) in [7, 11) is 14.3. The molecule has 4 atom stereocenters. The van der Waals surface area contributed by atoms with Crippen molar-refractivity contribution in [1.82, 2.24) is 0 Å². The van der Waals surface area contributed by atoms with Gasteiger partial charge in [0.25, 0.3) is 0 Å². The Morgan fingerprint density at radius 1 is 0.640 bits per heavy atom. The molecule has 2 aliphatic heterocycles. The summed E-state index contributed by atoms with van der Waals surface area (Å²) >= 11 is 0. The number of phenols is 1. The monoisotopic (exact) mass is 684 g/mol. The number of likely N-dealkylation sites (N-methyl/N-ethyl adjacent to an activating group) is 2. The third kappa shape index (κ3) is 5.51. The van der Waals surface area contributed by atoms with E-state index in [-0.39, 0.29) is 17.8 Å². The van der Waals surface area contributed by atoms with Crippen LogP contribution in [0, 0.1) is 0 Å². The maximum atomic E-state index is 11.5. The van der Waals surface area contributed by atoms with Crippen LogP contribution in [0.5, 0.6) is 51.7 Å². The minimum absolute atomic E-state index is 0.123. The minimum Gasteiger partial charge on any atom is -0.504 e. The lowest BCUT2D eigenvalue weighted by Gasteiger charge is -2.38. The fourth-order valence-electron chi connectivity index (χ4n) is 8.32. The van der Waals surface area contributed by atoms with Gasteiger partial charge < -0.3 is 48.1 Å². The van der Waals surface area contributed by atoms with Crippen LogP contribution >= 0.6 is 0 Å². The van der Waals surface area contributed by atoms with Crippen LogP contribution in [0.3, 0.4) is 0 Å². The summed E-state index contributed by atoms with van der Waals surface area (Å²) in [5.41, 5.74) is 8.71. The highest BCUT2D eigenvalue weighted by molar-refractivity contribution is 5.84. The highest BCUT2D eigenvalue weighted by Crippen LogP contribution is 2.53. The third-order valence-electron chi connectivity index (χ3n) is 11.0. The van der Waals surface area contributed by atoms with Crippen molar-refractivity contribution in [2.45, 2.75) is 37.8 Å². The van der Waals surface area contributed by atoms with E-state index in [1.807, 2.05) is 18.2 Å². The topological polar surface area (TPSA) is 93.7 Å². The quantitative estimate of drug-likeness (QED) is 0.232. The Balaban J connectivity index is 1.34. The molecule has 2 heterocycles. The number of aromatic hydroxyl groups is 1. The average Bonchev–Trinajstić information content (AvgIpc) is 3.14. The molecule has 1 aliphatic carbocycles. The van der Waals surface area contributed by atoms with Crippen molar-refractivity contribution in [3.05, 3.63) is 75.8 Å². The lowest BCUT2D eigenvalue weighted by Crippen LogP contribution is -3.10. The standard InChI is InChI=1S/C40H46N2O8/c1-41-13-11-22-17-31(45-4)32(46-5)20-26(22)28(41)15-24-9-10-30(44-3)40(49-8)39(24)50-34-19-25-16-29-36-23(12-14-42(29)2)18-35(48-7)38(43)37(36)27(25)21-33(34)47-6/h9-10,17-21,28-29,43H,11-16H2,1-8H3/p+2/t28-,29+/m1/s1. The van der Waals surface area contributed by atoms with E-state index in [0.29, 0.717) is 40.9 Å². The first-order chi connectivity index (χ1) is 24.2. The summed E-state index contributed by atoms with van der Waals surface area (Å²) in [5.74, 6) is 4.89. The first kappa shape index (κ1) is 33.7. The van der Waals surface area contributed by atoms with Gasteiger partial charge in [-0.05, 0) is 58.7 Å².